The summed E-state index contributed by atoms with van der Waals surface area (Å²) in [6, 6.07) is 18.1. The molecule has 0 spiro atoms. The molecule has 1 N–H and O–H groups in total. The predicted octanol–water partition coefficient (Wildman–Crippen LogP) is 3.83. The zero-order valence-corrected chi connectivity index (χ0v) is 10.8. The van der Waals surface area contributed by atoms with Crippen molar-refractivity contribution in [3.8, 4) is 0 Å². The van der Waals surface area contributed by atoms with Crippen molar-refractivity contribution in [1.29, 1.82) is 0 Å². The lowest BCUT2D eigenvalue weighted by atomic mass is 10.1. The van der Waals surface area contributed by atoms with Crippen LogP contribution in [-0.4, -0.2) is 6.04 Å². The second-order valence-corrected chi connectivity index (χ2v) is 5.07. The van der Waals surface area contributed by atoms with Gasteiger partial charge in [-0.15, -0.1) is 0 Å². The predicted molar refractivity (Wildman–Crippen MR) is 77.1 cm³/mol. The van der Waals surface area contributed by atoms with Crippen molar-refractivity contribution in [1.82, 2.24) is 0 Å². The van der Waals surface area contributed by atoms with Crippen molar-refractivity contribution < 1.29 is 0 Å². The topological polar surface area (TPSA) is 12.0 Å². The smallest absolute Gasteiger partial charge is 0.0345 e. The molecule has 1 aliphatic rings. The molecule has 0 amide bonds. The summed E-state index contributed by atoms with van der Waals surface area (Å²) in [7, 11) is 0. The molecule has 18 heavy (non-hydrogen) atoms. The van der Waals surface area contributed by atoms with E-state index in [0.717, 1.165) is 19.3 Å². The highest BCUT2D eigenvalue weighted by Gasteiger charge is 2.20. The van der Waals surface area contributed by atoms with Gasteiger partial charge in [0, 0.05) is 11.7 Å². The number of fused-ring (bicyclic) bond motifs is 1. The van der Waals surface area contributed by atoms with Crippen LogP contribution in [0.1, 0.15) is 23.6 Å². The molecule has 0 atom stereocenters. The number of benzene rings is 2. The molecule has 3 rings (SSSR count). The van der Waals surface area contributed by atoms with Crippen molar-refractivity contribution in [2.75, 3.05) is 5.32 Å². The minimum atomic E-state index is 0.550. The lowest BCUT2D eigenvalue weighted by Crippen LogP contribution is -2.19. The summed E-state index contributed by atoms with van der Waals surface area (Å²) in [5, 5.41) is 3.66. The van der Waals surface area contributed by atoms with Crippen LogP contribution in [0.4, 0.5) is 5.69 Å². The van der Waals surface area contributed by atoms with Crippen molar-refractivity contribution in [2.45, 2.75) is 32.2 Å². The first-order valence-corrected chi connectivity index (χ1v) is 6.77. The van der Waals surface area contributed by atoms with Gasteiger partial charge in [0.2, 0.25) is 0 Å². The second-order valence-electron chi connectivity index (χ2n) is 5.07. The van der Waals surface area contributed by atoms with Crippen LogP contribution in [0.25, 0.3) is 0 Å². The van der Waals surface area contributed by atoms with E-state index in [1.54, 1.807) is 0 Å². The van der Waals surface area contributed by atoms with Gasteiger partial charge in [-0.1, -0.05) is 43.3 Å². The third-order valence-electron chi connectivity index (χ3n) is 3.76. The van der Waals surface area contributed by atoms with Crippen molar-refractivity contribution >= 4 is 5.69 Å². The van der Waals surface area contributed by atoms with Crippen LogP contribution < -0.4 is 5.32 Å². The zero-order valence-electron chi connectivity index (χ0n) is 10.8. The highest BCUT2D eigenvalue weighted by atomic mass is 14.9. The first-order chi connectivity index (χ1) is 8.85. The summed E-state index contributed by atoms with van der Waals surface area (Å²) < 4.78 is 0. The van der Waals surface area contributed by atoms with Gasteiger partial charge in [0.05, 0.1) is 0 Å². The Kier molecular flexibility index (Phi) is 3.06. The molecule has 0 radical (unpaired) electrons. The van der Waals surface area contributed by atoms with Gasteiger partial charge >= 0.3 is 0 Å². The van der Waals surface area contributed by atoms with Crippen molar-refractivity contribution in [3.05, 3.63) is 65.2 Å². The Balaban J connectivity index is 1.72. The number of anilines is 1. The molecule has 92 valence electrons. The molecule has 2 aromatic rings. The fourth-order valence-corrected chi connectivity index (χ4v) is 2.78. The van der Waals surface area contributed by atoms with Crippen LogP contribution >= 0.6 is 0 Å². The summed E-state index contributed by atoms with van der Waals surface area (Å²) in [5.41, 5.74) is 5.66. The normalized spacial score (nSPS) is 14.5. The van der Waals surface area contributed by atoms with E-state index in [2.05, 4.69) is 60.8 Å². The van der Waals surface area contributed by atoms with Gasteiger partial charge in [-0.25, -0.2) is 0 Å². The second kappa shape index (κ2) is 4.85. The van der Waals surface area contributed by atoms with Crippen LogP contribution in [0.3, 0.4) is 0 Å². The van der Waals surface area contributed by atoms with Crippen LogP contribution in [0.15, 0.2) is 48.5 Å². The minimum Gasteiger partial charge on any atom is -0.382 e. The number of hydrogen-bond acceptors (Lipinski definition) is 1. The van der Waals surface area contributed by atoms with Crippen molar-refractivity contribution in [2.24, 2.45) is 0 Å². The average Bonchev–Trinajstić information content (AvgIpc) is 2.81. The molecule has 0 fully saturated rings. The van der Waals surface area contributed by atoms with Crippen LogP contribution in [0.5, 0.6) is 0 Å². The molecule has 0 saturated carbocycles. The van der Waals surface area contributed by atoms with Gasteiger partial charge in [-0.05, 0) is 48.1 Å². The largest absolute Gasteiger partial charge is 0.382 e. The van der Waals surface area contributed by atoms with Crippen LogP contribution in [-0.2, 0) is 19.3 Å². The van der Waals surface area contributed by atoms with Crippen molar-refractivity contribution in [3.63, 3.8) is 0 Å². The van der Waals surface area contributed by atoms with Gasteiger partial charge in [-0.2, -0.15) is 0 Å². The molecule has 0 saturated heterocycles. The van der Waals surface area contributed by atoms with E-state index in [-0.39, 0.29) is 0 Å². The SMILES string of the molecule is CCc1cccc(NC2Cc3ccccc3C2)c1. The van der Waals surface area contributed by atoms with Gasteiger partial charge in [0.1, 0.15) is 0 Å². The fraction of sp³-hybridized carbons (Fsp3) is 0.294. The van der Waals surface area contributed by atoms with Gasteiger partial charge in [0.25, 0.3) is 0 Å². The summed E-state index contributed by atoms with van der Waals surface area (Å²) in [4.78, 5) is 0. The molecule has 0 aromatic heterocycles. The number of nitrogens with one attached hydrogen (secondary N) is 1. The van der Waals surface area contributed by atoms with Crippen LogP contribution in [0, 0.1) is 0 Å². The third kappa shape index (κ3) is 2.26. The van der Waals surface area contributed by atoms with Crippen LogP contribution in [0.2, 0.25) is 0 Å². The Morgan fingerprint density at radius 1 is 1.00 bits per heavy atom. The molecule has 0 bridgehead atoms. The standard InChI is InChI=1S/C17H19N/c1-2-13-6-5-9-16(10-13)18-17-11-14-7-3-4-8-15(14)12-17/h3-10,17-18H,2,11-12H2,1H3. The molecule has 0 unspecified atom stereocenters. The Bertz CT molecular complexity index is 520. The number of aryl methyl sites for hydroxylation is 1. The lowest BCUT2D eigenvalue weighted by Gasteiger charge is -2.14. The maximum Gasteiger partial charge on any atom is 0.0345 e. The number of rotatable bonds is 3. The summed E-state index contributed by atoms with van der Waals surface area (Å²) in [5.74, 6) is 0. The Morgan fingerprint density at radius 3 is 2.39 bits per heavy atom. The zero-order chi connectivity index (χ0) is 12.4. The molecular weight excluding hydrogens is 218 g/mol. The lowest BCUT2D eigenvalue weighted by molar-refractivity contribution is 0.774. The summed E-state index contributed by atoms with van der Waals surface area (Å²) in [6.45, 7) is 2.20. The molecule has 2 aromatic carbocycles. The quantitative estimate of drug-likeness (QED) is 0.855. The van der Waals surface area contributed by atoms with Gasteiger partial charge in [0.15, 0.2) is 0 Å². The molecule has 1 nitrogen and oxygen atoms in total. The monoisotopic (exact) mass is 237 g/mol. The van der Waals surface area contributed by atoms with E-state index in [1.807, 2.05) is 0 Å². The van der Waals surface area contributed by atoms with E-state index < -0.39 is 0 Å². The summed E-state index contributed by atoms with van der Waals surface area (Å²) in [6.07, 6.45) is 3.39. The van der Waals surface area contributed by atoms with E-state index >= 15 is 0 Å². The fourth-order valence-electron chi connectivity index (χ4n) is 2.78. The third-order valence-corrected chi connectivity index (χ3v) is 3.76. The summed E-state index contributed by atoms with van der Waals surface area (Å²) >= 11 is 0. The van der Waals surface area contributed by atoms with Gasteiger partial charge < -0.3 is 5.32 Å². The molecule has 0 aliphatic heterocycles. The number of hydrogen-bond donors (Lipinski definition) is 1. The highest BCUT2D eigenvalue weighted by molar-refractivity contribution is 5.48. The van der Waals surface area contributed by atoms with E-state index in [9.17, 15) is 0 Å². The molecule has 1 heteroatoms. The van der Waals surface area contributed by atoms with Gasteiger partial charge in [-0.3, -0.25) is 0 Å². The average molecular weight is 237 g/mol. The maximum absolute atomic E-state index is 3.66. The highest BCUT2D eigenvalue weighted by Crippen LogP contribution is 2.24. The first-order valence-electron chi connectivity index (χ1n) is 6.77. The molecular formula is C17H19N. The van der Waals surface area contributed by atoms with E-state index in [1.165, 1.54) is 22.4 Å². The van der Waals surface area contributed by atoms with E-state index in [4.69, 9.17) is 0 Å². The Labute approximate surface area is 109 Å². The molecule has 0 heterocycles. The first kappa shape index (κ1) is 11.3. The maximum atomic E-state index is 3.66. The molecule has 1 aliphatic carbocycles. The Morgan fingerprint density at radius 2 is 1.72 bits per heavy atom. The minimum absolute atomic E-state index is 0.550. The Hall–Kier alpha value is -1.76. The van der Waals surface area contributed by atoms with E-state index in [0.29, 0.717) is 6.04 Å².